The second-order valence-electron chi connectivity index (χ2n) is 7.68. The first kappa shape index (κ1) is 22.1. The van der Waals surface area contributed by atoms with Gasteiger partial charge < -0.3 is 30.6 Å². The normalized spacial score (nSPS) is 16.0. The first-order chi connectivity index (χ1) is 15.5. The van der Waals surface area contributed by atoms with Crippen LogP contribution in [0.5, 0.6) is 5.75 Å². The predicted molar refractivity (Wildman–Crippen MR) is 131 cm³/mol. The van der Waals surface area contributed by atoms with E-state index < -0.39 is 5.91 Å². The second kappa shape index (κ2) is 10.0. The number of carbonyl (C=O) groups excluding carboxylic acids is 1. The number of nitrogens with two attached hydrogens (primary N) is 1. The predicted octanol–water partition coefficient (Wildman–Crippen LogP) is 4.58. The summed E-state index contributed by atoms with van der Waals surface area (Å²) >= 11 is 1.36. The van der Waals surface area contributed by atoms with Gasteiger partial charge in [0.05, 0.1) is 29.4 Å². The van der Waals surface area contributed by atoms with Gasteiger partial charge in [-0.15, -0.1) is 0 Å². The summed E-state index contributed by atoms with van der Waals surface area (Å²) in [7, 11) is 0. The zero-order valence-electron chi connectivity index (χ0n) is 18.0. The number of phenols is 1. The van der Waals surface area contributed by atoms with Crippen LogP contribution in [0.4, 0.5) is 11.4 Å². The van der Waals surface area contributed by atoms with Gasteiger partial charge in [0.15, 0.2) is 0 Å². The monoisotopic (exact) mass is 452 g/mol. The number of nitrogens with one attached hydrogen (secondary N) is 3. The Balaban J connectivity index is 1.72. The lowest BCUT2D eigenvalue weighted by Crippen LogP contribution is -2.14. The van der Waals surface area contributed by atoms with Gasteiger partial charge in [-0.05, 0) is 61.0 Å². The second-order valence-corrected chi connectivity index (χ2v) is 8.53. The summed E-state index contributed by atoms with van der Waals surface area (Å²) < 4.78 is 9.09. The number of aromatic hydroxyl groups is 1. The molecule has 32 heavy (non-hydrogen) atoms. The Hall–Kier alpha value is -3.10. The van der Waals surface area contributed by atoms with Crippen molar-refractivity contribution in [3.63, 3.8) is 0 Å². The summed E-state index contributed by atoms with van der Waals surface area (Å²) in [6.45, 7) is 3.89. The Kier molecular flexibility index (Phi) is 6.92. The first-order valence-electron chi connectivity index (χ1n) is 10.8. The van der Waals surface area contributed by atoms with Crippen LogP contribution in [0.3, 0.4) is 0 Å². The molecule has 3 aromatic rings. The highest BCUT2D eigenvalue weighted by Gasteiger charge is 2.15. The number of benzene rings is 2. The van der Waals surface area contributed by atoms with Gasteiger partial charge >= 0.3 is 0 Å². The number of rotatable bonds is 2. The lowest BCUT2D eigenvalue weighted by atomic mass is 10.1. The molecule has 0 atom stereocenters. The maximum Gasteiger partial charge on any atom is 0.252 e. The van der Waals surface area contributed by atoms with Crippen molar-refractivity contribution in [2.24, 2.45) is 5.73 Å². The fraction of sp³-hybridized carbons (Fsp3) is 0.292. The van der Waals surface area contributed by atoms with Gasteiger partial charge in [-0.2, -0.15) is 0 Å². The van der Waals surface area contributed by atoms with Crippen LogP contribution in [0.15, 0.2) is 47.4 Å². The standard InChI is InChI=1S/C24H28N4O3S/c1-2-16-11-18-15-6-4-3-5-8-31-9-7-26-21-14-22(29)19(24(25)30)13-23(21)32-28-17(10-15)12-20(18)27-16/h3-4,10-14,26-29H,2,5-9H2,1H3,(H2,25,30)/b4-3+. The van der Waals surface area contributed by atoms with E-state index in [2.05, 4.69) is 52.3 Å². The number of hydrogen-bond acceptors (Lipinski definition) is 6. The molecule has 8 heteroatoms. The largest absolute Gasteiger partial charge is 0.507 e. The third-order valence-corrected chi connectivity index (χ3v) is 6.29. The molecule has 2 heterocycles. The van der Waals surface area contributed by atoms with Gasteiger partial charge in [0.1, 0.15) is 5.75 Å². The van der Waals surface area contributed by atoms with Crippen LogP contribution in [0.25, 0.3) is 10.9 Å². The topological polar surface area (TPSA) is 112 Å². The van der Waals surface area contributed by atoms with Crippen LogP contribution in [0, 0.1) is 0 Å². The summed E-state index contributed by atoms with van der Waals surface area (Å²) in [5.41, 5.74) is 10.7. The minimum atomic E-state index is -0.671. The first-order valence-corrected chi connectivity index (χ1v) is 11.6. The van der Waals surface area contributed by atoms with E-state index in [1.165, 1.54) is 34.7 Å². The van der Waals surface area contributed by atoms with Gasteiger partial charge in [-0.3, -0.25) is 4.79 Å². The summed E-state index contributed by atoms with van der Waals surface area (Å²) in [5, 5.41) is 14.7. The minimum absolute atomic E-state index is 0.0868. The quantitative estimate of drug-likeness (QED) is 0.287. The number of allylic oxidation sites excluding steroid dienone is 1. The van der Waals surface area contributed by atoms with Crippen LogP contribution in [-0.2, 0) is 17.6 Å². The lowest BCUT2D eigenvalue weighted by molar-refractivity contribution is 0.0997. The number of anilines is 2. The molecule has 2 bridgehead atoms. The summed E-state index contributed by atoms with van der Waals surface area (Å²) in [4.78, 5) is 16.0. The smallest absolute Gasteiger partial charge is 0.252 e. The van der Waals surface area contributed by atoms with E-state index in [4.69, 9.17) is 10.5 Å². The number of aryl methyl sites for hydroxylation is 1. The Morgan fingerprint density at radius 2 is 2.06 bits per heavy atom. The average molecular weight is 453 g/mol. The number of carbonyl (C=O) groups is 1. The number of hydrogen-bond donors (Lipinski definition) is 5. The summed E-state index contributed by atoms with van der Waals surface area (Å²) in [6, 6.07) is 9.60. The van der Waals surface area contributed by atoms with Crippen molar-refractivity contribution in [1.29, 1.82) is 0 Å². The van der Waals surface area contributed by atoms with Gasteiger partial charge in [-0.1, -0.05) is 19.1 Å². The maximum absolute atomic E-state index is 11.7. The molecule has 0 unspecified atom stereocenters. The number of ether oxygens (including phenoxy) is 1. The number of fused-ring (bicyclic) bond motifs is 5. The van der Waals surface area contributed by atoms with Crippen molar-refractivity contribution in [3.05, 3.63) is 59.3 Å². The molecule has 2 aromatic carbocycles. The molecular weight excluding hydrogens is 424 g/mol. The third-order valence-electron chi connectivity index (χ3n) is 5.40. The van der Waals surface area contributed by atoms with Gasteiger partial charge in [0.25, 0.3) is 5.91 Å². The Labute approximate surface area is 191 Å². The Morgan fingerprint density at radius 3 is 2.88 bits per heavy atom. The highest BCUT2D eigenvalue weighted by molar-refractivity contribution is 8.00. The van der Waals surface area contributed by atoms with Crippen LogP contribution in [0.2, 0.25) is 0 Å². The average Bonchev–Trinajstić information content (AvgIpc) is 3.19. The van der Waals surface area contributed by atoms with Crippen molar-refractivity contribution in [3.8, 4) is 5.75 Å². The van der Waals surface area contributed by atoms with E-state index in [0.29, 0.717) is 25.4 Å². The van der Waals surface area contributed by atoms with E-state index in [0.717, 1.165) is 35.4 Å². The molecule has 1 aliphatic rings. The molecule has 0 saturated heterocycles. The molecule has 7 nitrogen and oxygen atoms in total. The van der Waals surface area contributed by atoms with Gasteiger partial charge in [0.2, 0.25) is 0 Å². The molecule has 1 aromatic heterocycles. The summed E-state index contributed by atoms with van der Waals surface area (Å²) in [6.07, 6.45) is 6.97. The lowest BCUT2D eigenvalue weighted by Gasteiger charge is -2.16. The molecule has 6 N–H and O–H groups in total. The molecule has 1 aliphatic heterocycles. The highest BCUT2D eigenvalue weighted by Crippen LogP contribution is 2.35. The van der Waals surface area contributed by atoms with E-state index in [-0.39, 0.29) is 11.3 Å². The van der Waals surface area contributed by atoms with Crippen LogP contribution in [0.1, 0.15) is 35.0 Å². The number of H-pyrrole nitrogens is 1. The zero-order chi connectivity index (χ0) is 22.5. The van der Waals surface area contributed by atoms with E-state index in [1.54, 1.807) is 6.07 Å². The van der Waals surface area contributed by atoms with Crippen molar-refractivity contribution >= 4 is 40.1 Å². The fourth-order valence-electron chi connectivity index (χ4n) is 3.73. The zero-order valence-corrected chi connectivity index (χ0v) is 18.8. The van der Waals surface area contributed by atoms with Crippen molar-refractivity contribution in [2.75, 3.05) is 29.8 Å². The van der Waals surface area contributed by atoms with Crippen LogP contribution in [-0.4, -0.2) is 35.8 Å². The molecule has 1 amide bonds. The number of primary amides is 1. The van der Waals surface area contributed by atoms with E-state index >= 15 is 0 Å². The molecule has 4 rings (SSSR count). The third kappa shape index (κ3) is 5.03. The minimum Gasteiger partial charge on any atom is -0.507 e. The molecule has 0 saturated carbocycles. The SMILES string of the molecule is CCc1cc2c3cc(cc2[nH]1)NSc1cc(C(N)=O)c(O)cc1NCCOCC/C=C/C3. The van der Waals surface area contributed by atoms with E-state index in [1.807, 2.05) is 0 Å². The number of aromatic nitrogens is 1. The van der Waals surface area contributed by atoms with Crippen LogP contribution < -0.4 is 15.8 Å². The summed E-state index contributed by atoms with van der Waals surface area (Å²) in [5.74, 6) is -0.817. The van der Waals surface area contributed by atoms with Crippen LogP contribution >= 0.6 is 11.9 Å². The maximum atomic E-state index is 11.7. The molecular formula is C24H28N4O3S. The highest BCUT2D eigenvalue weighted by atomic mass is 32.2. The molecule has 0 aliphatic carbocycles. The molecule has 0 fully saturated rings. The Morgan fingerprint density at radius 1 is 1.19 bits per heavy atom. The Bertz CT molecular complexity index is 1160. The molecule has 0 spiro atoms. The van der Waals surface area contributed by atoms with Crippen molar-refractivity contribution in [2.45, 2.75) is 31.1 Å². The van der Waals surface area contributed by atoms with E-state index in [9.17, 15) is 9.90 Å². The van der Waals surface area contributed by atoms with Gasteiger partial charge in [-0.25, -0.2) is 0 Å². The van der Waals surface area contributed by atoms with Gasteiger partial charge in [0, 0.05) is 34.9 Å². The molecule has 168 valence electrons. The molecule has 0 radical (unpaired) electrons. The number of aromatic amines is 1. The fourth-order valence-corrected chi connectivity index (χ4v) is 4.49. The van der Waals surface area contributed by atoms with Crippen molar-refractivity contribution < 1.29 is 14.6 Å². The van der Waals surface area contributed by atoms with Crippen molar-refractivity contribution in [1.82, 2.24) is 4.98 Å². The number of amides is 1.